The maximum Gasteiger partial charge on any atom is 0.223 e. The maximum atomic E-state index is 11.0. The minimum absolute atomic E-state index is 0.0998. The predicted octanol–water partition coefficient (Wildman–Crippen LogP) is 3.07. The number of nitrogens with two attached hydrogens (primary N) is 1. The molecule has 0 aliphatic heterocycles. The van der Waals surface area contributed by atoms with E-state index < -0.39 is 0 Å². The second kappa shape index (κ2) is 7.04. The van der Waals surface area contributed by atoms with Crippen molar-refractivity contribution >= 4 is 41.0 Å². The lowest BCUT2D eigenvalue weighted by Crippen LogP contribution is -2.23. The van der Waals surface area contributed by atoms with Crippen LogP contribution in [0.5, 0.6) is 0 Å². The van der Waals surface area contributed by atoms with Crippen LogP contribution in [0.25, 0.3) is 10.4 Å². The smallest absolute Gasteiger partial charge is 0.223 e. The number of hydrogen-bond acceptors (Lipinski definition) is 7. The summed E-state index contributed by atoms with van der Waals surface area (Å²) in [6.45, 7) is 2.34. The third-order valence-electron chi connectivity index (χ3n) is 4.43. The molecule has 0 spiro atoms. The minimum Gasteiger partial charge on any atom is -0.396 e. The van der Waals surface area contributed by atoms with Crippen LogP contribution in [-0.4, -0.2) is 34.0 Å². The molecule has 1 saturated carbocycles. The Morgan fingerprint density at radius 2 is 2.25 bits per heavy atom. The highest BCUT2D eigenvalue weighted by molar-refractivity contribution is 7.17. The quantitative estimate of drug-likeness (QED) is 0.555. The molecule has 3 rings (SSSR count). The molecule has 4 N–H and O–H groups in total. The van der Waals surface area contributed by atoms with Gasteiger partial charge in [0.1, 0.15) is 11.0 Å². The van der Waals surface area contributed by atoms with E-state index in [1.165, 1.54) is 11.3 Å². The van der Waals surface area contributed by atoms with E-state index in [4.69, 9.17) is 17.3 Å². The van der Waals surface area contributed by atoms with Crippen molar-refractivity contribution in [3.05, 3.63) is 22.2 Å². The summed E-state index contributed by atoms with van der Waals surface area (Å²) in [5.74, 6) is 1.36. The van der Waals surface area contributed by atoms with E-state index in [1.54, 1.807) is 6.07 Å². The lowest BCUT2D eigenvalue weighted by atomic mass is 10.1. The molecule has 0 saturated heterocycles. The largest absolute Gasteiger partial charge is 0.396 e. The summed E-state index contributed by atoms with van der Waals surface area (Å²) in [7, 11) is 0. The first-order valence-electron chi connectivity index (χ1n) is 7.77. The number of aliphatic hydroxyl groups excluding tert-OH is 1. The SMILES string of the molecule is C[C@@H]1C[C@@H](CO)C[C@H]1Nc1nc(N)nc(Cl)c1-c1ccc(C=O)s1. The van der Waals surface area contributed by atoms with Crippen molar-refractivity contribution in [3.63, 3.8) is 0 Å². The molecular formula is C16H19ClN4O2S. The van der Waals surface area contributed by atoms with E-state index >= 15 is 0 Å². The van der Waals surface area contributed by atoms with Gasteiger partial charge in [-0.05, 0) is 36.8 Å². The average molecular weight is 367 g/mol. The summed E-state index contributed by atoms with van der Waals surface area (Å²) >= 11 is 7.64. The van der Waals surface area contributed by atoms with Crippen LogP contribution in [0, 0.1) is 11.8 Å². The van der Waals surface area contributed by atoms with Gasteiger partial charge in [-0.2, -0.15) is 4.98 Å². The first-order chi connectivity index (χ1) is 11.5. The van der Waals surface area contributed by atoms with E-state index in [9.17, 15) is 9.90 Å². The van der Waals surface area contributed by atoms with Gasteiger partial charge in [0.15, 0.2) is 6.29 Å². The summed E-state index contributed by atoms with van der Waals surface area (Å²) in [5, 5.41) is 13.1. The molecule has 6 nitrogen and oxygen atoms in total. The Morgan fingerprint density at radius 1 is 1.46 bits per heavy atom. The molecule has 2 aromatic heterocycles. The van der Waals surface area contributed by atoms with Crippen molar-refractivity contribution in [2.45, 2.75) is 25.8 Å². The second-order valence-electron chi connectivity index (χ2n) is 6.16. The number of carbonyl (C=O) groups is 1. The Morgan fingerprint density at radius 3 is 2.88 bits per heavy atom. The van der Waals surface area contributed by atoms with Crippen LogP contribution in [0.2, 0.25) is 5.15 Å². The van der Waals surface area contributed by atoms with Gasteiger partial charge in [-0.25, -0.2) is 4.98 Å². The molecule has 0 bridgehead atoms. The van der Waals surface area contributed by atoms with Crippen molar-refractivity contribution in [1.82, 2.24) is 9.97 Å². The number of nitrogens with one attached hydrogen (secondary N) is 1. The number of thiophene rings is 1. The monoisotopic (exact) mass is 366 g/mol. The van der Waals surface area contributed by atoms with Gasteiger partial charge in [-0.15, -0.1) is 11.3 Å². The van der Waals surface area contributed by atoms with Gasteiger partial charge in [-0.3, -0.25) is 4.79 Å². The molecule has 3 atom stereocenters. The number of hydrogen-bond donors (Lipinski definition) is 3. The second-order valence-corrected chi connectivity index (χ2v) is 7.64. The van der Waals surface area contributed by atoms with Crippen LogP contribution in [-0.2, 0) is 0 Å². The molecule has 2 heterocycles. The highest BCUT2D eigenvalue weighted by Gasteiger charge is 2.32. The van der Waals surface area contributed by atoms with Gasteiger partial charge in [-0.1, -0.05) is 18.5 Å². The van der Waals surface area contributed by atoms with Crippen LogP contribution in [0.3, 0.4) is 0 Å². The molecule has 0 amide bonds. The fourth-order valence-electron chi connectivity index (χ4n) is 3.23. The Kier molecular flexibility index (Phi) is 5.03. The normalized spacial score (nSPS) is 23.4. The third kappa shape index (κ3) is 3.38. The van der Waals surface area contributed by atoms with Crippen molar-refractivity contribution in [3.8, 4) is 10.4 Å². The molecule has 24 heavy (non-hydrogen) atoms. The molecule has 1 fully saturated rings. The van der Waals surface area contributed by atoms with E-state index in [-0.39, 0.29) is 23.8 Å². The fourth-order valence-corrected chi connectivity index (χ4v) is 4.43. The first kappa shape index (κ1) is 17.1. The van der Waals surface area contributed by atoms with Gasteiger partial charge in [0, 0.05) is 17.5 Å². The minimum atomic E-state index is 0.0998. The molecule has 8 heteroatoms. The highest BCUT2D eigenvalue weighted by Crippen LogP contribution is 2.40. The number of aldehydes is 1. The van der Waals surface area contributed by atoms with Crippen LogP contribution >= 0.6 is 22.9 Å². The molecule has 128 valence electrons. The third-order valence-corrected chi connectivity index (χ3v) is 5.73. The number of anilines is 2. The number of aliphatic hydroxyl groups is 1. The lowest BCUT2D eigenvalue weighted by Gasteiger charge is -2.20. The first-order valence-corrected chi connectivity index (χ1v) is 8.97. The standard InChI is InChI=1S/C16H19ClN4O2S/c1-8-4-9(6-22)5-11(8)19-15-13(14(17)20-16(18)21-15)12-3-2-10(7-23)24-12/h2-3,7-9,11,22H,4-6H2,1H3,(H3,18,19,20,21)/t8-,9-,11-/m1/s1. The van der Waals surface area contributed by atoms with Crippen molar-refractivity contribution < 1.29 is 9.90 Å². The van der Waals surface area contributed by atoms with E-state index in [0.717, 1.165) is 24.0 Å². The maximum absolute atomic E-state index is 11.0. The number of aromatic nitrogens is 2. The summed E-state index contributed by atoms with van der Waals surface area (Å²) in [6, 6.07) is 3.75. The van der Waals surface area contributed by atoms with Gasteiger partial charge < -0.3 is 16.2 Å². The molecule has 1 aliphatic carbocycles. The fraction of sp³-hybridized carbons (Fsp3) is 0.438. The molecule has 0 radical (unpaired) electrons. The summed E-state index contributed by atoms with van der Waals surface area (Å²) in [6.07, 6.45) is 2.63. The van der Waals surface area contributed by atoms with E-state index in [2.05, 4.69) is 22.2 Å². The highest BCUT2D eigenvalue weighted by atomic mass is 35.5. The van der Waals surface area contributed by atoms with Crippen LogP contribution in [0.4, 0.5) is 11.8 Å². The van der Waals surface area contributed by atoms with Gasteiger partial charge >= 0.3 is 0 Å². The zero-order chi connectivity index (χ0) is 17.3. The zero-order valence-corrected chi connectivity index (χ0v) is 14.8. The number of nitrogens with zero attached hydrogens (tertiary/aromatic N) is 2. The Balaban J connectivity index is 1.96. The van der Waals surface area contributed by atoms with Crippen molar-refractivity contribution in [2.24, 2.45) is 11.8 Å². The van der Waals surface area contributed by atoms with Crippen LogP contribution in [0.15, 0.2) is 12.1 Å². The average Bonchev–Trinajstić information content (AvgIpc) is 3.14. The Labute approximate surface area is 149 Å². The molecule has 2 aromatic rings. The van der Waals surface area contributed by atoms with E-state index in [1.807, 2.05) is 6.07 Å². The van der Waals surface area contributed by atoms with Crippen LogP contribution in [0.1, 0.15) is 29.4 Å². The van der Waals surface area contributed by atoms with Crippen molar-refractivity contribution in [1.29, 1.82) is 0 Å². The van der Waals surface area contributed by atoms with Crippen LogP contribution < -0.4 is 11.1 Å². The Bertz CT molecular complexity index is 752. The molecule has 0 aromatic carbocycles. The summed E-state index contributed by atoms with van der Waals surface area (Å²) in [5.41, 5.74) is 6.42. The summed E-state index contributed by atoms with van der Waals surface area (Å²) in [4.78, 5) is 20.7. The van der Waals surface area contributed by atoms with Gasteiger partial charge in [0.2, 0.25) is 5.95 Å². The molecule has 0 unspecified atom stereocenters. The van der Waals surface area contributed by atoms with E-state index in [0.29, 0.717) is 28.1 Å². The number of halogens is 1. The Hall–Kier alpha value is -1.70. The van der Waals surface area contributed by atoms with Gasteiger partial charge in [0.05, 0.1) is 10.4 Å². The zero-order valence-electron chi connectivity index (χ0n) is 13.2. The lowest BCUT2D eigenvalue weighted by molar-refractivity contribution is 0.112. The van der Waals surface area contributed by atoms with Crippen molar-refractivity contribution in [2.75, 3.05) is 17.7 Å². The van der Waals surface area contributed by atoms with Gasteiger partial charge in [0.25, 0.3) is 0 Å². The molecular weight excluding hydrogens is 348 g/mol. The molecule has 1 aliphatic rings. The topological polar surface area (TPSA) is 101 Å². The number of carbonyl (C=O) groups excluding carboxylic acids is 1. The summed E-state index contributed by atoms with van der Waals surface area (Å²) < 4.78 is 0. The number of nitrogen functional groups attached to an aromatic ring is 1. The predicted molar refractivity (Wildman–Crippen MR) is 96.5 cm³/mol. The number of rotatable bonds is 5.